The van der Waals surface area contributed by atoms with Crippen LogP contribution in [-0.4, -0.2) is 19.0 Å². The number of nitrogens with one attached hydrogen (secondary N) is 1. The van der Waals surface area contributed by atoms with Gasteiger partial charge in [-0.2, -0.15) is 0 Å². The van der Waals surface area contributed by atoms with Crippen LogP contribution < -0.4 is 11.1 Å². The Bertz CT molecular complexity index is 291. The van der Waals surface area contributed by atoms with E-state index in [2.05, 4.69) is 5.32 Å². The zero-order valence-electron chi connectivity index (χ0n) is 10.7. The van der Waals surface area contributed by atoms with Crippen molar-refractivity contribution in [3.8, 4) is 0 Å². The number of amides is 1. The predicted molar refractivity (Wildman–Crippen MR) is 67.3 cm³/mol. The predicted octanol–water partition coefficient (Wildman–Crippen LogP) is 1.67. The lowest BCUT2D eigenvalue weighted by Gasteiger charge is -2.57. The van der Waals surface area contributed by atoms with Crippen molar-refractivity contribution in [2.45, 2.75) is 51.0 Å². The SMILES string of the molecule is CNC(=O)C(N)CC12CC3CC(CC(C3)C1)C2. The molecule has 0 saturated heterocycles. The summed E-state index contributed by atoms with van der Waals surface area (Å²) in [6.45, 7) is 0. The molecule has 17 heavy (non-hydrogen) atoms. The van der Waals surface area contributed by atoms with E-state index in [4.69, 9.17) is 5.73 Å². The zero-order valence-corrected chi connectivity index (χ0v) is 10.7. The lowest BCUT2D eigenvalue weighted by molar-refractivity contribution is -0.124. The highest BCUT2D eigenvalue weighted by Crippen LogP contribution is 2.61. The van der Waals surface area contributed by atoms with Gasteiger partial charge in [0.25, 0.3) is 0 Å². The second-order valence-corrected chi connectivity index (χ2v) is 6.84. The fraction of sp³-hybridized carbons (Fsp3) is 0.929. The van der Waals surface area contributed by atoms with Crippen LogP contribution >= 0.6 is 0 Å². The van der Waals surface area contributed by atoms with Gasteiger partial charge in [-0.25, -0.2) is 0 Å². The molecule has 1 amide bonds. The summed E-state index contributed by atoms with van der Waals surface area (Å²) < 4.78 is 0. The molecule has 4 saturated carbocycles. The molecule has 0 aromatic carbocycles. The number of hydrogen-bond donors (Lipinski definition) is 2. The molecule has 3 heteroatoms. The molecule has 1 unspecified atom stereocenters. The summed E-state index contributed by atoms with van der Waals surface area (Å²) in [5.41, 5.74) is 6.45. The number of carbonyl (C=O) groups is 1. The van der Waals surface area contributed by atoms with Gasteiger partial charge in [-0.1, -0.05) is 0 Å². The van der Waals surface area contributed by atoms with E-state index in [0.29, 0.717) is 5.41 Å². The fourth-order valence-corrected chi connectivity index (χ4v) is 5.28. The van der Waals surface area contributed by atoms with Gasteiger partial charge in [0.15, 0.2) is 0 Å². The summed E-state index contributed by atoms with van der Waals surface area (Å²) in [7, 11) is 1.68. The molecule has 0 radical (unpaired) electrons. The molecule has 4 aliphatic rings. The molecule has 0 spiro atoms. The highest BCUT2D eigenvalue weighted by Gasteiger charge is 2.51. The van der Waals surface area contributed by atoms with Crippen molar-refractivity contribution in [3.05, 3.63) is 0 Å². The first kappa shape index (κ1) is 11.5. The first-order valence-electron chi connectivity index (χ1n) is 7.07. The van der Waals surface area contributed by atoms with Gasteiger partial charge in [-0.15, -0.1) is 0 Å². The summed E-state index contributed by atoms with van der Waals surface area (Å²) >= 11 is 0. The lowest BCUT2D eigenvalue weighted by atomic mass is 9.48. The zero-order chi connectivity index (χ0) is 12.0. The smallest absolute Gasteiger partial charge is 0.236 e. The molecule has 4 fully saturated rings. The van der Waals surface area contributed by atoms with E-state index in [9.17, 15) is 4.79 Å². The minimum atomic E-state index is -0.295. The van der Waals surface area contributed by atoms with Crippen LogP contribution in [-0.2, 0) is 4.79 Å². The highest BCUT2D eigenvalue weighted by atomic mass is 16.2. The van der Waals surface area contributed by atoms with E-state index in [-0.39, 0.29) is 11.9 Å². The summed E-state index contributed by atoms with van der Waals surface area (Å²) in [6.07, 6.45) is 9.28. The van der Waals surface area contributed by atoms with Crippen molar-refractivity contribution in [2.24, 2.45) is 28.9 Å². The Labute approximate surface area is 104 Å². The van der Waals surface area contributed by atoms with Crippen LogP contribution in [0.25, 0.3) is 0 Å². The fourth-order valence-electron chi connectivity index (χ4n) is 5.28. The Morgan fingerprint density at radius 2 is 1.71 bits per heavy atom. The molecule has 3 N–H and O–H groups in total. The minimum Gasteiger partial charge on any atom is -0.358 e. The van der Waals surface area contributed by atoms with E-state index in [1.165, 1.54) is 38.5 Å². The van der Waals surface area contributed by atoms with Crippen LogP contribution in [0.3, 0.4) is 0 Å². The molecular weight excluding hydrogens is 212 g/mol. The second-order valence-electron chi connectivity index (χ2n) is 6.84. The number of nitrogens with two attached hydrogens (primary N) is 1. The van der Waals surface area contributed by atoms with Crippen LogP contribution in [0.2, 0.25) is 0 Å². The largest absolute Gasteiger partial charge is 0.358 e. The Balaban J connectivity index is 1.72. The molecule has 4 aliphatic carbocycles. The van der Waals surface area contributed by atoms with E-state index in [1.807, 2.05) is 0 Å². The molecule has 0 aromatic rings. The van der Waals surface area contributed by atoms with E-state index in [1.54, 1.807) is 7.05 Å². The molecule has 0 aliphatic heterocycles. The van der Waals surface area contributed by atoms with Gasteiger partial charge < -0.3 is 11.1 Å². The Morgan fingerprint density at radius 1 is 1.24 bits per heavy atom. The Morgan fingerprint density at radius 3 is 2.12 bits per heavy atom. The van der Waals surface area contributed by atoms with Gasteiger partial charge >= 0.3 is 0 Å². The van der Waals surface area contributed by atoms with E-state index < -0.39 is 0 Å². The monoisotopic (exact) mass is 236 g/mol. The van der Waals surface area contributed by atoms with Crippen LogP contribution in [0.5, 0.6) is 0 Å². The summed E-state index contributed by atoms with van der Waals surface area (Å²) in [5, 5.41) is 2.68. The topological polar surface area (TPSA) is 55.1 Å². The van der Waals surface area contributed by atoms with Gasteiger partial charge in [-0.05, 0) is 68.1 Å². The van der Waals surface area contributed by atoms with Crippen LogP contribution in [0.15, 0.2) is 0 Å². The summed E-state index contributed by atoms with van der Waals surface area (Å²) in [5.74, 6) is 2.84. The molecule has 1 atom stereocenters. The van der Waals surface area contributed by atoms with Crippen LogP contribution in [0, 0.1) is 23.2 Å². The standard InChI is InChI=1S/C14H24N2O/c1-16-13(17)12(15)8-14-5-9-2-10(6-14)4-11(3-9)7-14/h9-12H,2-8,15H2,1H3,(H,16,17). The molecular formula is C14H24N2O. The van der Waals surface area contributed by atoms with Gasteiger partial charge in [-0.3, -0.25) is 4.79 Å². The number of likely N-dealkylation sites (N-methyl/N-ethyl adjacent to an activating group) is 1. The van der Waals surface area contributed by atoms with Crippen LogP contribution in [0.1, 0.15) is 44.9 Å². The second kappa shape index (κ2) is 3.98. The Kier molecular flexibility index (Phi) is 2.69. The van der Waals surface area contributed by atoms with Gasteiger partial charge in [0.1, 0.15) is 0 Å². The van der Waals surface area contributed by atoms with Crippen molar-refractivity contribution < 1.29 is 4.79 Å². The first-order chi connectivity index (χ1) is 8.10. The number of rotatable bonds is 3. The van der Waals surface area contributed by atoms with Crippen LogP contribution in [0.4, 0.5) is 0 Å². The summed E-state index contributed by atoms with van der Waals surface area (Å²) in [6, 6.07) is -0.295. The molecule has 0 aromatic heterocycles. The van der Waals surface area contributed by atoms with Crippen molar-refractivity contribution in [1.29, 1.82) is 0 Å². The lowest BCUT2D eigenvalue weighted by Crippen LogP contribution is -2.50. The quantitative estimate of drug-likeness (QED) is 0.783. The van der Waals surface area contributed by atoms with E-state index >= 15 is 0 Å². The van der Waals surface area contributed by atoms with Gasteiger partial charge in [0, 0.05) is 7.05 Å². The molecule has 4 rings (SSSR count). The molecule has 4 bridgehead atoms. The number of hydrogen-bond acceptors (Lipinski definition) is 2. The molecule has 96 valence electrons. The van der Waals surface area contributed by atoms with E-state index in [0.717, 1.165) is 24.2 Å². The molecule has 0 heterocycles. The third-order valence-corrected chi connectivity index (χ3v) is 5.40. The maximum Gasteiger partial charge on any atom is 0.236 e. The van der Waals surface area contributed by atoms with Crippen molar-refractivity contribution in [2.75, 3.05) is 7.05 Å². The van der Waals surface area contributed by atoms with Crippen molar-refractivity contribution >= 4 is 5.91 Å². The van der Waals surface area contributed by atoms with Gasteiger partial charge in [0.05, 0.1) is 6.04 Å². The molecule has 3 nitrogen and oxygen atoms in total. The normalized spacial score (nSPS) is 44.7. The van der Waals surface area contributed by atoms with Gasteiger partial charge in [0.2, 0.25) is 5.91 Å². The number of carbonyl (C=O) groups excluding carboxylic acids is 1. The van der Waals surface area contributed by atoms with Crippen molar-refractivity contribution in [3.63, 3.8) is 0 Å². The average Bonchev–Trinajstić information content (AvgIpc) is 2.25. The third-order valence-electron chi connectivity index (χ3n) is 5.40. The summed E-state index contributed by atoms with van der Waals surface area (Å²) in [4.78, 5) is 11.6. The average molecular weight is 236 g/mol. The van der Waals surface area contributed by atoms with Crippen molar-refractivity contribution in [1.82, 2.24) is 5.32 Å². The Hall–Kier alpha value is -0.570. The maximum absolute atomic E-state index is 11.6. The minimum absolute atomic E-state index is 0.0146. The highest BCUT2D eigenvalue weighted by molar-refractivity contribution is 5.81. The third kappa shape index (κ3) is 1.99. The maximum atomic E-state index is 11.6. The first-order valence-corrected chi connectivity index (χ1v) is 7.07.